The lowest BCUT2D eigenvalue weighted by Gasteiger charge is -2.26. The zero-order chi connectivity index (χ0) is 23.4. The van der Waals surface area contributed by atoms with Crippen LogP contribution in [0.1, 0.15) is 11.1 Å². The topological polar surface area (TPSA) is 76.2 Å². The molecule has 3 amide bonds. The summed E-state index contributed by atoms with van der Waals surface area (Å²) in [6.45, 7) is 2.17. The molecule has 0 unspecified atom stereocenters. The number of carbonyl (C=O) groups excluding carboxylic acids is 3. The van der Waals surface area contributed by atoms with Crippen LogP contribution in [0.5, 0.6) is 5.75 Å². The highest BCUT2D eigenvalue weighted by Gasteiger charge is 2.35. The van der Waals surface area contributed by atoms with Crippen molar-refractivity contribution in [3.63, 3.8) is 0 Å². The SMILES string of the molecule is O=C(COc1ccc(/C=C2/SC(=O)N(Cc3c(Cl)cccc3Cl)C2=O)cc1)N1CCOCC1. The van der Waals surface area contributed by atoms with Gasteiger partial charge in [0.15, 0.2) is 6.61 Å². The van der Waals surface area contributed by atoms with E-state index in [9.17, 15) is 14.4 Å². The average molecular weight is 507 g/mol. The Labute approximate surface area is 205 Å². The Morgan fingerprint density at radius 3 is 2.39 bits per heavy atom. The number of hydrogen-bond donors (Lipinski definition) is 0. The first kappa shape index (κ1) is 23.6. The fourth-order valence-corrected chi connectivity index (χ4v) is 4.69. The van der Waals surface area contributed by atoms with Crippen LogP contribution in [0, 0.1) is 0 Å². The van der Waals surface area contributed by atoms with Gasteiger partial charge in [-0.15, -0.1) is 0 Å². The lowest BCUT2D eigenvalue weighted by molar-refractivity contribution is -0.137. The van der Waals surface area contributed by atoms with Crippen molar-refractivity contribution in [2.24, 2.45) is 0 Å². The van der Waals surface area contributed by atoms with Crippen molar-refractivity contribution in [2.75, 3.05) is 32.9 Å². The average Bonchev–Trinajstić information content (AvgIpc) is 3.08. The van der Waals surface area contributed by atoms with Crippen LogP contribution >= 0.6 is 35.0 Å². The van der Waals surface area contributed by atoms with Crippen LogP contribution in [0.15, 0.2) is 47.4 Å². The molecule has 2 aliphatic heterocycles. The highest BCUT2D eigenvalue weighted by molar-refractivity contribution is 8.18. The summed E-state index contributed by atoms with van der Waals surface area (Å²) >= 11 is 13.2. The van der Waals surface area contributed by atoms with Gasteiger partial charge >= 0.3 is 0 Å². The normalized spacial score (nSPS) is 17.7. The summed E-state index contributed by atoms with van der Waals surface area (Å²) in [5.41, 5.74) is 1.25. The van der Waals surface area contributed by atoms with Crippen molar-refractivity contribution in [3.8, 4) is 5.75 Å². The van der Waals surface area contributed by atoms with Gasteiger partial charge in [0.05, 0.1) is 24.7 Å². The molecule has 0 bridgehead atoms. The Hall–Kier alpha value is -2.52. The second-order valence-corrected chi connectivity index (χ2v) is 9.13. The number of benzene rings is 2. The van der Waals surface area contributed by atoms with Gasteiger partial charge in [0.1, 0.15) is 5.75 Å². The van der Waals surface area contributed by atoms with Crippen LogP contribution in [-0.2, 0) is 20.9 Å². The predicted molar refractivity (Wildman–Crippen MR) is 127 cm³/mol. The first-order valence-electron chi connectivity index (χ1n) is 10.2. The van der Waals surface area contributed by atoms with E-state index in [0.717, 1.165) is 22.2 Å². The number of ether oxygens (including phenoxy) is 2. The van der Waals surface area contributed by atoms with Gasteiger partial charge in [0.25, 0.3) is 17.1 Å². The van der Waals surface area contributed by atoms with Crippen LogP contribution < -0.4 is 4.74 Å². The van der Waals surface area contributed by atoms with Gasteiger partial charge in [-0.05, 0) is 47.7 Å². The molecular weight excluding hydrogens is 487 g/mol. The van der Waals surface area contributed by atoms with Crippen LogP contribution in [0.25, 0.3) is 6.08 Å². The van der Waals surface area contributed by atoms with E-state index in [4.69, 9.17) is 32.7 Å². The van der Waals surface area contributed by atoms with Crippen molar-refractivity contribution in [2.45, 2.75) is 6.54 Å². The summed E-state index contributed by atoms with van der Waals surface area (Å²) < 4.78 is 10.8. The van der Waals surface area contributed by atoms with E-state index in [0.29, 0.717) is 52.6 Å². The Bertz CT molecular complexity index is 1080. The Balaban J connectivity index is 1.38. The molecule has 2 aromatic carbocycles. The number of hydrogen-bond acceptors (Lipinski definition) is 6. The molecule has 0 N–H and O–H groups in total. The van der Waals surface area contributed by atoms with E-state index in [-0.39, 0.29) is 24.3 Å². The molecule has 172 valence electrons. The first-order valence-corrected chi connectivity index (χ1v) is 11.8. The summed E-state index contributed by atoms with van der Waals surface area (Å²) in [5, 5.41) is 0.408. The second kappa shape index (κ2) is 10.6. The maximum absolute atomic E-state index is 12.8. The van der Waals surface area contributed by atoms with Gasteiger partial charge < -0.3 is 14.4 Å². The van der Waals surface area contributed by atoms with Crippen LogP contribution in [0.3, 0.4) is 0 Å². The van der Waals surface area contributed by atoms with Gasteiger partial charge in [-0.3, -0.25) is 19.3 Å². The fraction of sp³-hybridized carbons (Fsp3) is 0.261. The van der Waals surface area contributed by atoms with E-state index in [2.05, 4.69) is 0 Å². The molecule has 0 radical (unpaired) electrons. The van der Waals surface area contributed by atoms with Gasteiger partial charge in [-0.2, -0.15) is 0 Å². The highest BCUT2D eigenvalue weighted by atomic mass is 35.5. The molecular formula is C23H20Cl2N2O5S. The monoisotopic (exact) mass is 506 g/mol. The molecule has 4 rings (SSSR count). The number of imide groups is 1. The molecule has 0 spiro atoms. The minimum atomic E-state index is -0.405. The van der Waals surface area contributed by atoms with Gasteiger partial charge in [0, 0.05) is 28.7 Å². The van der Waals surface area contributed by atoms with Gasteiger partial charge in [-0.1, -0.05) is 41.4 Å². The largest absolute Gasteiger partial charge is 0.484 e. The Morgan fingerprint density at radius 2 is 1.73 bits per heavy atom. The molecule has 2 fully saturated rings. The summed E-state index contributed by atoms with van der Waals surface area (Å²) in [5.74, 6) is 0.0438. The van der Waals surface area contributed by atoms with Gasteiger partial charge in [-0.25, -0.2) is 0 Å². The van der Waals surface area contributed by atoms with Crippen molar-refractivity contribution in [3.05, 3.63) is 68.5 Å². The summed E-state index contributed by atoms with van der Waals surface area (Å²) in [4.78, 5) is 40.5. The van der Waals surface area contributed by atoms with Crippen molar-refractivity contribution < 1.29 is 23.9 Å². The number of thioether (sulfide) groups is 1. The number of morpholine rings is 1. The Morgan fingerprint density at radius 1 is 1.06 bits per heavy atom. The predicted octanol–water partition coefficient (Wildman–Crippen LogP) is 4.47. The van der Waals surface area contributed by atoms with Gasteiger partial charge in [0.2, 0.25) is 0 Å². The number of amides is 3. The quantitative estimate of drug-likeness (QED) is 0.538. The third kappa shape index (κ3) is 5.70. The minimum Gasteiger partial charge on any atom is -0.484 e. The molecule has 10 heteroatoms. The Kier molecular flexibility index (Phi) is 7.60. The molecule has 2 aromatic rings. The highest BCUT2D eigenvalue weighted by Crippen LogP contribution is 2.35. The number of rotatable bonds is 6. The smallest absolute Gasteiger partial charge is 0.293 e. The maximum Gasteiger partial charge on any atom is 0.293 e. The van der Waals surface area contributed by atoms with Crippen LogP contribution in [0.4, 0.5) is 4.79 Å². The zero-order valence-corrected chi connectivity index (χ0v) is 19.8. The van der Waals surface area contributed by atoms with Crippen molar-refractivity contribution in [1.29, 1.82) is 0 Å². The van der Waals surface area contributed by atoms with E-state index in [1.165, 1.54) is 0 Å². The van der Waals surface area contributed by atoms with Crippen LogP contribution in [-0.4, -0.2) is 59.8 Å². The third-order valence-electron chi connectivity index (χ3n) is 5.16. The summed E-state index contributed by atoms with van der Waals surface area (Å²) in [6.07, 6.45) is 1.64. The maximum atomic E-state index is 12.8. The summed E-state index contributed by atoms with van der Waals surface area (Å²) in [7, 11) is 0. The van der Waals surface area contributed by atoms with Crippen molar-refractivity contribution in [1.82, 2.24) is 9.80 Å². The van der Waals surface area contributed by atoms with Crippen LogP contribution in [0.2, 0.25) is 10.0 Å². The lowest BCUT2D eigenvalue weighted by Crippen LogP contribution is -2.42. The number of nitrogens with zero attached hydrogens (tertiary/aromatic N) is 2. The molecule has 0 atom stereocenters. The third-order valence-corrected chi connectivity index (χ3v) is 6.77. The molecule has 2 aliphatic rings. The van der Waals surface area contributed by atoms with E-state index in [1.54, 1.807) is 53.4 Å². The zero-order valence-electron chi connectivity index (χ0n) is 17.5. The molecule has 33 heavy (non-hydrogen) atoms. The van der Waals surface area contributed by atoms with E-state index in [1.807, 2.05) is 0 Å². The molecule has 0 aliphatic carbocycles. The van der Waals surface area contributed by atoms with E-state index >= 15 is 0 Å². The number of halogens is 2. The molecule has 0 saturated carbocycles. The summed E-state index contributed by atoms with van der Waals surface area (Å²) in [6, 6.07) is 12.0. The molecule has 7 nitrogen and oxygen atoms in total. The second-order valence-electron chi connectivity index (χ2n) is 7.32. The fourth-order valence-electron chi connectivity index (χ4n) is 3.34. The molecule has 2 saturated heterocycles. The van der Waals surface area contributed by atoms with Crippen molar-refractivity contribution >= 4 is 58.1 Å². The van der Waals surface area contributed by atoms with E-state index < -0.39 is 5.91 Å². The number of carbonyl (C=O) groups is 3. The minimum absolute atomic E-state index is 0.00443. The molecule has 2 heterocycles. The molecule has 0 aromatic heterocycles. The first-order chi connectivity index (χ1) is 15.9. The lowest BCUT2D eigenvalue weighted by atomic mass is 10.2. The standard InChI is InChI=1S/C23H20Cl2N2O5S/c24-18-2-1-3-19(25)17(18)13-27-22(29)20(33-23(27)30)12-15-4-6-16(7-5-15)32-14-21(28)26-8-10-31-11-9-26/h1-7,12H,8-11,13-14H2/b20-12+.